The van der Waals surface area contributed by atoms with Gasteiger partial charge in [0.25, 0.3) is 0 Å². The zero-order valence-corrected chi connectivity index (χ0v) is 12.4. The van der Waals surface area contributed by atoms with Gasteiger partial charge in [0.1, 0.15) is 5.79 Å². The second kappa shape index (κ2) is 7.42. The molecular weight excluding hydrogens is 238 g/mol. The molecule has 0 unspecified atom stereocenters. The molecule has 0 aromatic rings. The Balaban J connectivity index is 4.54. The van der Waals surface area contributed by atoms with E-state index in [1.165, 1.54) is 0 Å². The quantitative estimate of drug-likeness (QED) is 0.410. The number of nitrogens with two attached hydrogens (primary N) is 3. The fraction of sp³-hybridized carbons (Fsp3) is 1.00. The van der Waals surface area contributed by atoms with Gasteiger partial charge >= 0.3 is 8.80 Å². The topological polar surface area (TPSA) is 106 Å². The highest BCUT2D eigenvalue weighted by molar-refractivity contribution is 6.60. The summed E-state index contributed by atoms with van der Waals surface area (Å²) < 4.78 is 16.8. The molecule has 0 saturated carbocycles. The van der Waals surface area contributed by atoms with Crippen LogP contribution in [0.3, 0.4) is 0 Å². The summed E-state index contributed by atoms with van der Waals surface area (Å²) in [6.45, 7) is 4.13. The Labute approximate surface area is 105 Å². The molecule has 0 spiro atoms. The van der Waals surface area contributed by atoms with Crippen LogP contribution in [0.2, 0.25) is 6.04 Å². The summed E-state index contributed by atoms with van der Waals surface area (Å²) in [5.41, 5.74) is 16.7. The van der Waals surface area contributed by atoms with Crippen molar-refractivity contribution in [1.82, 2.24) is 0 Å². The summed E-state index contributed by atoms with van der Waals surface area (Å²) in [4.78, 5) is 0. The lowest BCUT2D eigenvalue weighted by Gasteiger charge is -2.32. The molecule has 104 valence electrons. The summed E-state index contributed by atoms with van der Waals surface area (Å²) in [6, 6.07) is 0.514. The number of hydrogen-bond acceptors (Lipinski definition) is 6. The van der Waals surface area contributed by atoms with E-state index in [1.54, 1.807) is 14.2 Å². The molecule has 17 heavy (non-hydrogen) atoms. The standard InChI is InChI=1S/C10H27N3O3Si/c1-5-9(6-2)16-17(14-3,15-4)8-7-10(11,12)13/h9H,5-8,11-13H2,1-4H3. The first-order valence-corrected chi connectivity index (χ1v) is 7.90. The third-order valence-electron chi connectivity index (χ3n) is 2.74. The van der Waals surface area contributed by atoms with Gasteiger partial charge in [0.15, 0.2) is 0 Å². The highest BCUT2D eigenvalue weighted by atomic mass is 28.4. The molecule has 0 aliphatic heterocycles. The van der Waals surface area contributed by atoms with Crippen LogP contribution in [0.4, 0.5) is 0 Å². The van der Waals surface area contributed by atoms with E-state index in [0.29, 0.717) is 12.5 Å². The van der Waals surface area contributed by atoms with Crippen LogP contribution in [0.25, 0.3) is 0 Å². The lowest BCUT2D eigenvalue weighted by atomic mass is 10.2. The molecule has 0 amide bonds. The van der Waals surface area contributed by atoms with Crippen LogP contribution in [-0.4, -0.2) is 34.9 Å². The predicted octanol–water partition coefficient (Wildman–Crippen LogP) is 0.343. The summed E-state index contributed by atoms with van der Waals surface area (Å²) in [7, 11) is 0.475. The smallest absolute Gasteiger partial charge is 0.377 e. The lowest BCUT2D eigenvalue weighted by Crippen LogP contribution is -2.59. The first kappa shape index (κ1) is 17.0. The molecule has 0 radical (unpaired) electrons. The summed E-state index contributed by atoms with van der Waals surface area (Å²) in [6.07, 6.45) is 2.35. The Morgan fingerprint density at radius 1 is 1.06 bits per heavy atom. The molecule has 6 N–H and O–H groups in total. The first-order chi connectivity index (χ1) is 7.82. The minimum absolute atomic E-state index is 0.129. The molecule has 6 nitrogen and oxygen atoms in total. The molecule has 0 bridgehead atoms. The van der Waals surface area contributed by atoms with Gasteiger partial charge in [0.2, 0.25) is 0 Å². The van der Waals surface area contributed by atoms with Gasteiger partial charge in [0, 0.05) is 26.4 Å². The highest BCUT2D eigenvalue weighted by Crippen LogP contribution is 2.21. The number of rotatable bonds is 9. The van der Waals surface area contributed by atoms with Crippen molar-refractivity contribution in [2.24, 2.45) is 17.2 Å². The normalized spacial score (nSPS) is 13.4. The van der Waals surface area contributed by atoms with E-state index in [9.17, 15) is 0 Å². The Bertz CT molecular complexity index is 203. The van der Waals surface area contributed by atoms with Crippen molar-refractivity contribution in [3.63, 3.8) is 0 Å². The molecule has 0 saturated heterocycles. The van der Waals surface area contributed by atoms with Crippen molar-refractivity contribution in [2.75, 3.05) is 14.2 Å². The number of hydrogen-bond donors (Lipinski definition) is 3. The van der Waals surface area contributed by atoms with Gasteiger partial charge in [-0.1, -0.05) is 13.8 Å². The minimum atomic E-state index is -2.70. The minimum Gasteiger partial charge on any atom is -0.377 e. The predicted molar refractivity (Wildman–Crippen MR) is 69.9 cm³/mol. The maximum absolute atomic E-state index is 5.96. The molecule has 0 fully saturated rings. The van der Waals surface area contributed by atoms with Gasteiger partial charge in [-0.05, 0) is 19.3 Å². The SMILES string of the molecule is CCC(CC)O[Si](CCC(N)(N)N)(OC)OC. The van der Waals surface area contributed by atoms with Crippen molar-refractivity contribution in [3.8, 4) is 0 Å². The van der Waals surface area contributed by atoms with E-state index < -0.39 is 14.6 Å². The Morgan fingerprint density at radius 3 is 1.82 bits per heavy atom. The molecule has 0 aromatic carbocycles. The van der Waals surface area contributed by atoms with Gasteiger partial charge in [-0.3, -0.25) is 0 Å². The average molecular weight is 265 g/mol. The first-order valence-electron chi connectivity index (χ1n) is 5.97. The second-order valence-electron chi connectivity index (χ2n) is 4.26. The van der Waals surface area contributed by atoms with Gasteiger partial charge in [0.05, 0.1) is 0 Å². The molecule has 0 aromatic heterocycles. The Morgan fingerprint density at radius 2 is 1.53 bits per heavy atom. The van der Waals surface area contributed by atoms with E-state index in [0.717, 1.165) is 12.8 Å². The van der Waals surface area contributed by atoms with Crippen LogP contribution in [0.1, 0.15) is 33.1 Å². The molecule has 0 aliphatic rings. The van der Waals surface area contributed by atoms with Crippen LogP contribution in [0, 0.1) is 0 Å². The van der Waals surface area contributed by atoms with Gasteiger partial charge < -0.3 is 30.5 Å². The molecule has 0 aliphatic carbocycles. The van der Waals surface area contributed by atoms with Crippen molar-refractivity contribution in [1.29, 1.82) is 0 Å². The maximum atomic E-state index is 5.96. The zero-order chi connectivity index (χ0) is 13.5. The monoisotopic (exact) mass is 265 g/mol. The second-order valence-corrected chi connectivity index (χ2v) is 7.18. The fourth-order valence-electron chi connectivity index (χ4n) is 1.52. The third kappa shape index (κ3) is 6.46. The van der Waals surface area contributed by atoms with Crippen LogP contribution in [-0.2, 0) is 13.3 Å². The Kier molecular flexibility index (Phi) is 7.41. The van der Waals surface area contributed by atoms with E-state index in [2.05, 4.69) is 13.8 Å². The van der Waals surface area contributed by atoms with Crippen LogP contribution in [0.15, 0.2) is 0 Å². The summed E-state index contributed by atoms with van der Waals surface area (Å²) in [5.74, 6) is -1.22. The maximum Gasteiger partial charge on any atom is 0.500 e. The van der Waals surface area contributed by atoms with E-state index >= 15 is 0 Å². The zero-order valence-electron chi connectivity index (χ0n) is 11.4. The van der Waals surface area contributed by atoms with Crippen LogP contribution < -0.4 is 17.2 Å². The third-order valence-corrected chi connectivity index (χ3v) is 5.54. The summed E-state index contributed by atoms with van der Waals surface area (Å²) >= 11 is 0. The summed E-state index contributed by atoms with van der Waals surface area (Å²) in [5, 5.41) is 0. The van der Waals surface area contributed by atoms with Crippen molar-refractivity contribution < 1.29 is 13.3 Å². The largest absolute Gasteiger partial charge is 0.500 e. The van der Waals surface area contributed by atoms with E-state index in [4.69, 9.17) is 30.5 Å². The van der Waals surface area contributed by atoms with Crippen molar-refractivity contribution in [3.05, 3.63) is 0 Å². The van der Waals surface area contributed by atoms with Crippen LogP contribution in [0.5, 0.6) is 0 Å². The van der Waals surface area contributed by atoms with Crippen LogP contribution >= 0.6 is 0 Å². The van der Waals surface area contributed by atoms with Crippen molar-refractivity contribution in [2.45, 2.75) is 51.0 Å². The highest BCUT2D eigenvalue weighted by Gasteiger charge is 2.41. The van der Waals surface area contributed by atoms with E-state index in [1.807, 2.05) is 0 Å². The lowest BCUT2D eigenvalue weighted by molar-refractivity contribution is 0.0497. The average Bonchev–Trinajstić information content (AvgIpc) is 2.29. The Hall–Kier alpha value is -0.0231. The van der Waals surface area contributed by atoms with Gasteiger partial charge in [-0.2, -0.15) is 0 Å². The molecular formula is C10H27N3O3Si. The molecule has 0 heterocycles. The van der Waals surface area contributed by atoms with Gasteiger partial charge in [-0.25, -0.2) is 0 Å². The van der Waals surface area contributed by atoms with Crippen molar-refractivity contribution >= 4 is 8.80 Å². The molecule has 0 atom stereocenters. The fourth-order valence-corrected chi connectivity index (χ4v) is 3.99. The van der Waals surface area contributed by atoms with Gasteiger partial charge in [-0.15, -0.1) is 0 Å². The van der Waals surface area contributed by atoms with E-state index in [-0.39, 0.29) is 6.10 Å². The molecule has 7 heteroatoms. The molecule has 0 rings (SSSR count).